The Hall–Kier alpha value is -2.08. The maximum Gasteiger partial charge on any atom is 0.251 e. The van der Waals surface area contributed by atoms with Crippen molar-refractivity contribution in [2.24, 2.45) is 5.73 Å². The molecule has 3 N–H and O–H groups in total. The molecule has 0 atom stereocenters. The summed E-state index contributed by atoms with van der Waals surface area (Å²) in [6, 6.07) is 3.66. The molecule has 3 aromatic heterocycles. The van der Waals surface area contributed by atoms with Gasteiger partial charge < -0.3 is 10.2 Å². The van der Waals surface area contributed by atoms with Gasteiger partial charge in [-0.25, -0.2) is 9.50 Å². The van der Waals surface area contributed by atoms with Gasteiger partial charge in [-0.05, 0) is 19.1 Å². The molecule has 0 fully saturated rings. The molecular formula is C10H11N5O. The van der Waals surface area contributed by atoms with Crippen molar-refractivity contribution >= 4 is 5.78 Å². The van der Waals surface area contributed by atoms with Crippen LogP contribution in [0.5, 0.6) is 0 Å². The van der Waals surface area contributed by atoms with E-state index in [-0.39, 0.29) is 0 Å². The number of nitrogens with two attached hydrogens (primary N) is 1. The molecule has 0 saturated heterocycles. The molecule has 3 aromatic rings. The molecule has 82 valence electrons. The van der Waals surface area contributed by atoms with Crippen LogP contribution in [0.15, 0.2) is 22.8 Å². The standard InChI is InChI=1S/C10H11N5O/c1-6-7(5-11)15-10(12-6)13-9(14-15)8-3-2-4-16-8/h2-4H,5,11H2,1H3,(H,12,13,14). The Morgan fingerprint density at radius 1 is 1.50 bits per heavy atom. The number of rotatable bonds is 2. The van der Waals surface area contributed by atoms with E-state index in [4.69, 9.17) is 10.2 Å². The third-order valence-electron chi connectivity index (χ3n) is 2.53. The lowest BCUT2D eigenvalue weighted by Crippen LogP contribution is -2.03. The highest BCUT2D eigenvalue weighted by atomic mass is 16.3. The van der Waals surface area contributed by atoms with Gasteiger partial charge in [-0.3, -0.25) is 5.10 Å². The SMILES string of the molecule is Cc1nc2nc(-c3ccco3)[nH]n2c1CN. The number of fused-ring (bicyclic) bond motifs is 1. The number of nitrogens with zero attached hydrogens (tertiary/aromatic N) is 3. The monoisotopic (exact) mass is 217 g/mol. The minimum Gasteiger partial charge on any atom is -0.461 e. The van der Waals surface area contributed by atoms with Crippen molar-refractivity contribution in [1.29, 1.82) is 0 Å². The second-order valence-electron chi connectivity index (χ2n) is 3.53. The fourth-order valence-electron chi connectivity index (χ4n) is 1.73. The molecule has 0 amide bonds. The van der Waals surface area contributed by atoms with Crippen LogP contribution >= 0.6 is 0 Å². The highest BCUT2D eigenvalue weighted by Crippen LogP contribution is 2.18. The number of H-pyrrole nitrogens is 1. The molecule has 0 aliphatic heterocycles. The third kappa shape index (κ3) is 1.17. The van der Waals surface area contributed by atoms with E-state index in [1.54, 1.807) is 10.8 Å². The van der Waals surface area contributed by atoms with Crippen LogP contribution < -0.4 is 5.73 Å². The highest BCUT2D eigenvalue weighted by molar-refractivity contribution is 5.50. The first kappa shape index (κ1) is 9.17. The van der Waals surface area contributed by atoms with Crippen LogP contribution in [-0.4, -0.2) is 19.6 Å². The first-order valence-corrected chi connectivity index (χ1v) is 4.97. The van der Waals surface area contributed by atoms with E-state index in [1.807, 2.05) is 19.1 Å². The van der Waals surface area contributed by atoms with Crippen LogP contribution in [0.1, 0.15) is 11.4 Å². The number of aromatic nitrogens is 4. The molecule has 0 aromatic carbocycles. The predicted molar refractivity (Wildman–Crippen MR) is 57.7 cm³/mol. The van der Waals surface area contributed by atoms with E-state index in [1.165, 1.54) is 0 Å². The van der Waals surface area contributed by atoms with Crippen LogP contribution in [-0.2, 0) is 6.54 Å². The summed E-state index contributed by atoms with van der Waals surface area (Å²) in [4.78, 5) is 8.65. The quantitative estimate of drug-likeness (QED) is 0.672. The summed E-state index contributed by atoms with van der Waals surface area (Å²) in [5.41, 5.74) is 7.48. The van der Waals surface area contributed by atoms with Gasteiger partial charge in [-0.15, -0.1) is 0 Å². The van der Waals surface area contributed by atoms with Gasteiger partial charge in [0.25, 0.3) is 5.78 Å². The van der Waals surface area contributed by atoms with Gasteiger partial charge in [0.1, 0.15) is 0 Å². The number of aromatic amines is 1. The number of hydrogen-bond donors (Lipinski definition) is 2. The third-order valence-corrected chi connectivity index (χ3v) is 2.53. The van der Waals surface area contributed by atoms with Gasteiger partial charge in [0.15, 0.2) is 11.6 Å². The minimum atomic E-state index is 0.423. The van der Waals surface area contributed by atoms with Gasteiger partial charge in [-0.2, -0.15) is 4.98 Å². The number of nitrogens with one attached hydrogen (secondary N) is 1. The van der Waals surface area contributed by atoms with E-state index in [2.05, 4.69) is 15.1 Å². The fourth-order valence-corrected chi connectivity index (χ4v) is 1.73. The van der Waals surface area contributed by atoms with Crippen LogP contribution in [0.3, 0.4) is 0 Å². The van der Waals surface area contributed by atoms with Gasteiger partial charge in [0, 0.05) is 6.54 Å². The maximum absolute atomic E-state index is 5.66. The molecule has 0 spiro atoms. The Morgan fingerprint density at radius 2 is 2.38 bits per heavy atom. The normalized spacial score (nSPS) is 11.4. The maximum atomic E-state index is 5.66. The zero-order valence-electron chi connectivity index (χ0n) is 8.77. The summed E-state index contributed by atoms with van der Waals surface area (Å²) in [6.07, 6.45) is 1.61. The zero-order valence-corrected chi connectivity index (χ0v) is 8.77. The Labute approximate surface area is 91.1 Å². The zero-order chi connectivity index (χ0) is 11.1. The Balaban J connectivity index is 2.21. The molecule has 0 aliphatic rings. The lowest BCUT2D eigenvalue weighted by atomic mass is 10.3. The summed E-state index contributed by atoms with van der Waals surface area (Å²) in [7, 11) is 0. The Kier molecular flexibility index (Phi) is 1.84. The molecule has 3 rings (SSSR count). The van der Waals surface area contributed by atoms with Crippen LogP contribution in [0.4, 0.5) is 0 Å². The van der Waals surface area contributed by atoms with Gasteiger partial charge >= 0.3 is 0 Å². The molecule has 0 aliphatic carbocycles. The predicted octanol–water partition coefficient (Wildman–Crippen LogP) is 1.08. The average Bonchev–Trinajstić information content (AvgIpc) is 2.90. The number of aryl methyl sites for hydroxylation is 1. The second-order valence-corrected chi connectivity index (χ2v) is 3.53. The van der Waals surface area contributed by atoms with E-state index < -0.39 is 0 Å². The van der Waals surface area contributed by atoms with Crippen LogP contribution in [0, 0.1) is 6.92 Å². The summed E-state index contributed by atoms with van der Waals surface area (Å²) < 4.78 is 7.04. The summed E-state index contributed by atoms with van der Waals surface area (Å²) in [5.74, 6) is 1.96. The smallest absolute Gasteiger partial charge is 0.251 e. The van der Waals surface area contributed by atoms with E-state index in [0.29, 0.717) is 23.9 Å². The van der Waals surface area contributed by atoms with Crippen molar-refractivity contribution < 1.29 is 4.42 Å². The average molecular weight is 217 g/mol. The molecule has 6 heteroatoms. The van der Waals surface area contributed by atoms with E-state index in [9.17, 15) is 0 Å². The highest BCUT2D eigenvalue weighted by Gasteiger charge is 2.13. The molecule has 0 unspecified atom stereocenters. The van der Waals surface area contributed by atoms with Crippen molar-refractivity contribution in [2.75, 3.05) is 0 Å². The number of furan rings is 1. The topological polar surface area (TPSA) is 85.1 Å². The summed E-state index contributed by atoms with van der Waals surface area (Å²) in [5, 5.41) is 3.11. The number of hydrogen-bond acceptors (Lipinski definition) is 4. The first-order valence-electron chi connectivity index (χ1n) is 4.97. The van der Waals surface area contributed by atoms with Gasteiger partial charge in [0.2, 0.25) is 0 Å². The van der Waals surface area contributed by atoms with Crippen molar-refractivity contribution in [3.63, 3.8) is 0 Å². The van der Waals surface area contributed by atoms with E-state index >= 15 is 0 Å². The van der Waals surface area contributed by atoms with Crippen LogP contribution in [0.25, 0.3) is 17.4 Å². The number of imidazole rings is 1. The first-order chi connectivity index (χ1) is 7.79. The molecule has 0 radical (unpaired) electrons. The van der Waals surface area contributed by atoms with Crippen LogP contribution in [0.2, 0.25) is 0 Å². The van der Waals surface area contributed by atoms with Crippen molar-refractivity contribution in [2.45, 2.75) is 13.5 Å². The summed E-state index contributed by atoms with van der Waals surface area (Å²) in [6.45, 7) is 2.34. The fraction of sp³-hybridized carbons (Fsp3) is 0.200. The van der Waals surface area contributed by atoms with Gasteiger partial charge in [0.05, 0.1) is 17.7 Å². The van der Waals surface area contributed by atoms with Crippen molar-refractivity contribution in [3.8, 4) is 11.6 Å². The molecule has 3 heterocycles. The molecular weight excluding hydrogens is 206 g/mol. The molecule has 0 saturated carbocycles. The summed E-state index contributed by atoms with van der Waals surface area (Å²) >= 11 is 0. The minimum absolute atomic E-state index is 0.423. The Bertz CT molecular complexity index is 619. The van der Waals surface area contributed by atoms with Gasteiger partial charge in [-0.1, -0.05) is 0 Å². The lowest BCUT2D eigenvalue weighted by molar-refractivity contribution is 0.577. The molecule has 6 nitrogen and oxygen atoms in total. The molecule has 0 bridgehead atoms. The lowest BCUT2D eigenvalue weighted by Gasteiger charge is -1.94. The van der Waals surface area contributed by atoms with Crippen molar-refractivity contribution in [1.82, 2.24) is 19.6 Å². The van der Waals surface area contributed by atoms with Crippen molar-refractivity contribution in [3.05, 3.63) is 29.8 Å². The Morgan fingerprint density at radius 3 is 3.06 bits per heavy atom. The second kappa shape index (κ2) is 3.21. The largest absolute Gasteiger partial charge is 0.461 e. The molecule has 16 heavy (non-hydrogen) atoms. The van der Waals surface area contributed by atoms with E-state index in [0.717, 1.165) is 11.4 Å².